The highest BCUT2D eigenvalue weighted by Crippen LogP contribution is 2.34. The lowest BCUT2D eigenvalue weighted by molar-refractivity contribution is 0.434. The van der Waals surface area contributed by atoms with Gasteiger partial charge in [-0.1, -0.05) is 60.2 Å². The van der Waals surface area contributed by atoms with E-state index in [9.17, 15) is 9.90 Å². The van der Waals surface area contributed by atoms with E-state index in [1.54, 1.807) is 6.07 Å². The molecule has 1 N–H and O–H groups in total. The third-order valence-corrected chi connectivity index (χ3v) is 6.00. The maximum Gasteiger partial charge on any atom is 0.220 e. The summed E-state index contributed by atoms with van der Waals surface area (Å²) in [5.41, 5.74) is 3.17. The summed E-state index contributed by atoms with van der Waals surface area (Å²) in [7, 11) is 0. The maximum atomic E-state index is 13.6. The van der Waals surface area contributed by atoms with Crippen molar-refractivity contribution >= 4 is 38.1 Å². The zero-order valence-corrected chi connectivity index (χ0v) is 17.9. The van der Waals surface area contributed by atoms with E-state index < -0.39 is 0 Å². The standard InChI is InChI=1S/C28H19N3O2/c1-17-11-13-18(14-12-17)29-23-16-15-22-24-25(23)27(32)21-10-6-5-9-20(21)26(24)30-31(28(22)33)19-7-3-2-4-8-19/h2-16,33H,1H3. The van der Waals surface area contributed by atoms with Gasteiger partial charge in [-0.3, -0.25) is 4.79 Å². The number of hydrogen-bond donors (Lipinski definition) is 1. The molecule has 5 heteroatoms. The zero-order chi connectivity index (χ0) is 22.5. The fraction of sp³-hybridized carbons (Fsp3) is 0.0357. The molecule has 0 saturated carbocycles. The second-order valence-electron chi connectivity index (χ2n) is 8.12. The van der Waals surface area contributed by atoms with Crippen LogP contribution in [-0.4, -0.2) is 14.9 Å². The zero-order valence-electron chi connectivity index (χ0n) is 17.9. The van der Waals surface area contributed by atoms with Gasteiger partial charge in [-0.25, -0.2) is 9.67 Å². The molecule has 158 valence electrons. The lowest BCUT2D eigenvalue weighted by Gasteiger charge is -2.15. The van der Waals surface area contributed by atoms with Crippen molar-refractivity contribution in [3.8, 4) is 11.6 Å². The van der Waals surface area contributed by atoms with E-state index in [0.29, 0.717) is 32.4 Å². The molecule has 0 saturated heterocycles. The van der Waals surface area contributed by atoms with Crippen LogP contribution in [0.15, 0.2) is 101 Å². The first-order valence-corrected chi connectivity index (χ1v) is 10.7. The smallest absolute Gasteiger partial charge is 0.220 e. The molecule has 5 aromatic carbocycles. The van der Waals surface area contributed by atoms with Gasteiger partial charge in [0.25, 0.3) is 0 Å². The Morgan fingerprint density at radius 1 is 0.758 bits per heavy atom. The minimum Gasteiger partial charge on any atom is -0.493 e. The molecular formula is C28H19N3O2. The number of aromatic nitrogens is 2. The second kappa shape index (κ2) is 7.28. The van der Waals surface area contributed by atoms with Crippen LogP contribution in [0.2, 0.25) is 0 Å². The molecule has 0 aliphatic heterocycles. The number of fused-ring (bicyclic) bond motifs is 2. The molecule has 0 aliphatic carbocycles. The first kappa shape index (κ1) is 19.2. The number of nitrogens with zero attached hydrogens (tertiary/aromatic N) is 3. The van der Waals surface area contributed by atoms with E-state index in [2.05, 4.69) is 0 Å². The highest BCUT2D eigenvalue weighted by atomic mass is 16.3. The Morgan fingerprint density at radius 3 is 2.21 bits per heavy atom. The van der Waals surface area contributed by atoms with Gasteiger partial charge in [0.1, 0.15) is 5.52 Å². The Balaban J connectivity index is 1.82. The van der Waals surface area contributed by atoms with Crippen LogP contribution in [0.25, 0.3) is 38.1 Å². The number of rotatable bonds is 2. The predicted molar refractivity (Wildman–Crippen MR) is 132 cm³/mol. The van der Waals surface area contributed by atoms with Crippen LogP contribution in [0.1, 0.15) is 5.56 Å². The molecule has 5 nitrogen and oxygen atoms in total. The molecule has 0 radical (unpaired) electrons. The molecular weight excluding hydrogens is 410 g/mol. The molecule has 0 unspecified atom stereocenters. The van der Waals surface area contributed by atoms with Crippen molar-refractivity contribution in [2.24, 2.45) is 4.99 Å². The highest BCUT2D eigenvalue weighted by molar-refractivity contribution is 6.20. The van der Waals surface area contributed by atoms with Crippen LogP contribution in [-0.2, 0) is 0 Å². The molecule has 6 aromatic rings. The largest absolute Gasteiger partial charge is 0.493 e. The highest BCUT2D eigenvalue weighted by Gasteiger charge is 2.19. The van der Waals surface area contributed by atoms with Crippen molar-refractivity contribution in [2.45, 2.75) is 6.92 Å². The van der Waals surface area contributed by atoms with Gasteiger partial charge in [0.2, 0.25) is 5.88 Å². The number of para-hydroxylation sites is 1. The van der Waals surface area contributed by atoms with Crippen molar-refractivity contribution in [1.82, 2.24) is 9.78 Å². The SMILES string of the molecule is Cc1ccc(N=c2ccc3c(O)n(-c4ccccc4)nc4c5ccccc5c(=O)c2c34)cc1. The molecule has 0 fully saturated rings. The fourth-order valence-corrected chi connectivity index (χ4v) is 4.38. The molecule has 0 bridgehead atoms. The Hall–Kier alpha value is -4.51. The van der Waals surface area contributed by atoms with E-state index >= 15 is 0 Å². The molecule has 0 atom stereocenters. The molecule has 0 aliphatic rings. The van der Waals surface area contributed by atoms with E-state index in [4.69, 9.17) is 10.1 Å². The van der Waals surface area contributed by atoms with E-state index in [0.717, 1.165) is 22.3 Å². The Morgan fingerprint density at radius 2 is 1.45 bits per heavy atom. The molecule has 0 amide bonds. The van der Waals surface area contributed by atoms with Gasteiger partial charge in [-0.15, -0.1) is 0 Å². The van der Waals surface area contributed by atoms with Gasteiger partial charge < -0.3 is 5.11 Å². The van der Waals surface area contributed by atoms with Gasteiger partial charge in [-0.05, 0) is 43.3 Å². The first-order chi connectivity index (χ1) is 16.1. The Kier molecular flexibility index (Phi) is 4.23. The summed E-state index contributed by atoms with van der Waals surface area (Å²) in [5, 5.41) is 19.5. The number of benzene rings is 5. The third kappa shape index (κ3) is 2.97. The third-order valence-electron chi connectivity index (χ3n) is 6.00. The number of aryl methyl sites for hydroxylation is 1. The van der Waals surface area contributed by atoms with Crippen LogP contribution in [0, 0.1) is 6.92 Å². The molecule has 33 heavy (non-hydrogen) atoms. The average molecular weight is 429 g/mol. The van der Waals surface area contributed by atoms with Crippen LogP contribution in [0.3, 0.4) is 0 Å². The van der Waals surface area contributed by atoms with Crippen LogP contribution < -0.4 is 10.8 Å². The van der Waals surface area contributed by atoms with Crippen molar-refractivity contribution < 1.29 is 5.11 Å². The van der Waals surface area contributed by atoms with Gasteiger partial charge in [0, 0.05) is 21.5 Å². The normalized spacial score (nSPS) is 12.2. The van der Waals surface area contributed by atoms with Crippen molar-refractivity contribution in [3.63, 3.8) is 0 Å². The number of aromatic hydroxyl groups is 1. The molecule has 1 aromatic heterocycles. The summed E-state index contributed by atoms with van der Waals surface area (Å²) in [5.74, 6) is -0.0183. The lowest BCUT2D eigenvalue weighted by Crippen LogP contribution is -2.16. The van der Waals surface area contributed by atoms with Gasteiger partial charge in [0.05, 0.1) is 22.1 Å². The van der Waals surface area contributed by atoms with Crippen molar-refractivity contribution in [3.05, 3.63) is 112 Å². The second-order valence-corrected chi connectivity index (χ2v) is 8.12. The number of hydrogen-bond acceptors (Lipinski definition) is 4. The van der Waals surface area contributed by atoms with Gasteiger partial charge >= 0.3 is 0 Å². The van der Waals surface area contributed by atoms with E-state index in [1.807, 2.05) is 91.9 Å². The fourth-order valence-electron chi connectivity index (χ4n) is 4.38. The first-order valence-electron chi connectivity index (χ1n) is 10.7. The monoisotopic (exact) mass is 429 g/mol. The van der Waals surface area contributed by atoms with Gasteiger partial charge in [-0.2, -0.15) is 5.10 Å². The summed E-state index contributed by atoms with van der Waals surface area (Å²) in [4.78, 5) is 18.4. The van der Waals surface area contributed by atoms with Crippen LogP contribution in [0.4, 0.5) is 5.69 Å². The summed E-state index contributed by atoms with van der Waals surface area (Å²) in [6, 6.07) is 28.4. The average Bonchev–Trinajstić information content (AvgIpc) is 2.85. The molecule has 6 rings (SSSR count). The van der Waals surface area contributed by atoms with Crippen molar-refractivity contribution in [1.29, 1.82) is 0 Å². The van der Waals surface area contributed by atoms with Crippen molar-refractivity contribution in [2.75, 3.05) is 0 Å². The summed E-state index contributed by atoms with van der Waals surface area (Å²) in [6.45, 7) is 2.02. The Labute approximate surface area is 188 Å². The van der Waals surface area contributed by atoms with E-state index in [1.165, 1.54) is 4.68 Å². The summed E-state index contributed by atoms with van der Waals surface area (Å²) < 4.78 is 1.52. The molecule has 0 spiro atoms. The molecule has 1 heterocycles. The van der Waals surface area contributed by atoms with Crippen LogP contribution >= 0.6 is 0 Å². The minimum absolute atomic E-state index is 0.0183. The minimum atomic E-state index is -0.117. The van der Waals surface area contributed by atoms with Crippen LogP contribution in [0.5, 0.6) is 5.88 Å². The predicted octanol–water partition coefficient (Wildman–Crippen LogP) is 5.38. The van der Waals surface area contributed by atoms with Gasteiger partial charge in [0.15, 0.2) is 5.43 Å². The summed E-state index contributed by atoms with van der Waals surface area (Å²) in [6.07, 6.45) is 0. The Bertz CT molecular complexity index is 1790. The quantitative estimate of drug-likeness (QED) is 0.297. The maximum absolute atomic E-state index is 13.6. The van der Waals surface area contributed by atoms with E-state index in [-0.39, 0.29) is 11.3 Å². The lowest BCUT2D eigenvalue weighted by atomic mass is 9.98. The summed E-state index contributed by atoms with van der Waals surface area (Å²) >= 11 is 0. The topological polar surface area (TPSA) is 67.5 Å².